The highest BCUT2D eigenvalue weighted by molar-refractivity contribution is 5.86. The lowest BCUT2D eigenvalue weighted by atomic mass is 9.73. The fourth-order valence-electron chi connectivity index (χ4n) is 2.98. The lowest BCUT2D eigenvalue weighted by Crippen LogP contribution is -2.47. The van der Waals surface area contributed by atoms with Gasteiger partial charge in [-0.25, -0.2) is 0 Å². The first-order valence-electron chi connectivity index (χ1n) is 8.18. The van der Waals surface area contributed by atoms with Crippen molar-refractivity contribution in [2.75, 3.05) is 26.8 Å². The second-order valence-corrected chi connectivity index (χ2v) is 6.04. The van der Waals surface area contributed by atoms with Crippen LogP contribution in [0.25, 0.3) is 0 Å². The van der Waals surface area contributed by atoms with E-state index in [-0.39, 0.29) is 11.8 Å². The number of benzene rings is 1. The van der Waals surface area contributed by atoms with Crippen LogP contribution in [0.3, 0.4) is 0 Å². The van der Waals surface area contributed by atoms with Crippen molar-refractivity contribution in [3.8, 4) is 0 Å². The van der Waals surface area contributed by atoms with Crippen molar-refractivity contribution in [2.45, 2.75) is 25.7 Å². The van der Waals surface area contributed by atoms with E-state index in [0.717, 1.165) is 12.8 Å². The van der Waals surface area contributed by atoms with E-state index in [1.165, 1.54) is 5.56 Å². The number of amides is 1. The molecule has 0 saturated heterocycles. The number of carboxylic acids is 1. The highest BCUT2D eigenvalue weighted by atomic mass is 16.5. The third-order valence-corrected chi connectivity index (χ3v) is 4.52. The molecule has 0 aliphatic heterocycles. The van der Waals surface area contributed by atoms with Crippen LogP contribution in [0.2, 0.25) is 0 Å². The third-order valence-electron chi connectivity index (χ3n) is 4.52. The zero-order valence-corrected chi connectivity index (χ0v) is 13.6. The van der Waals surface area contributed by atoms with Gasteiger partial charge in [0.05, 0.1) is 18.4 Å². The van der Waals surface area contributed by atoms with Crippen LogP contribution in [0.5, 0.6) is 0 Å². The van der Waals surface area contributed by atoms with Gasteiger partial charge in [-0.3, -0.25) is 9.59 Å². The molecule has 1 amide bonds. The molecule has 2 atom stereocenters. The molecule has 1 N–H and O–H groups in total. The smallest absolute Gasteiger partial charge is 0.307 e. The monoisotopic (exact) mass is 319 g/mol. The lowest BCUT2D eigenvalue weighted by molar-refractivity contribution is -0.156. The SMILES string of the molecule is COCCN(CCCc1ccccc1)C(=O)C1CCC1C(=O)O. The van der Waals surface area contributed by atoms with E-state index in [0.29, 0.717) is 32.5 Å². The van der Waals surface area contributed by atoms with Gasteiger partial charge >= 0.3 is 5.97 Å². The van der Waals surface area contributed by atoms with E-state index >= 15 is 0 Å². The molecule has 1 aliphatic carbocycles. The van der Waals surface area contributed by atoms with Crippen molar-refractivity contribution in [3.63, 3.8) is 0 Å². The third kappa shape index (κ3) is 4.79. The van der Waals surface area contributed by atoms with Gasteiger partial charge in [-0.1, -0.05) is 30.3 Å². The molecule has 5 nitrogen and oxygen atoms in total. The number of carbonyl (C=O) groups is 2. The molecule has 0 spiro atoms. The second kappa shape index (κ2) is 8.67. The number of ether oxygens (including phenoxy) is 1. The van der Waals surface area contributed by atoms with Gasteiger partial charge in [0.1, 0.15) is 0 Å². The molecule has 2 rings (SSSR count). The van der Waals surface area contributed by atoms with E-state index in [4.69, 9.17) is 9.84 Å². The molecule has 0 bridgehead atoms. The van der Waals surface area contributed by atoms with Gasteiger partial charge in [0.2, 0.25) is 5.91 Å². The molecular formula is C18H25NO4. The molecule has 0 aromatic heterocycles. The van der Waals surface area contributed by atoms with Crippen LogP contribution in [0.1, 0.15) is 24.8 Å². The topological polar surface area (TPSA) is 66.8 Å². The molecule has 0 heterocycles. The Bertz CT molecular complexity index is 517. The van der Waals surface area contributed by atoms with Gasteiger partial charge in [-0.15, -0.1) is 0 Å². The molecule has 23 heavy (non-hydrogen) atoms. The summed E-state index contributed by atoms with van der Waals surface area (Å²) < 4.78 is 5.08. The standard InChI is InChI=1S/C18H25NO4/c1-23-13-12-19(11-5-8-14-6-3-2-4-7-14)17(20)15-9-10-16(15)18(21)22/h2-4,6-7,15-16H,5,8-13H2,1H3,(H,21,22). The van der Waals surface area contributed by atoms with E-state index < -0.39 is 11.9 Å². The zero-order valence-electron chi connectivity index (χ0n) is 13.6. The average Bonchev–Trinajstić information content (AvgIpc) is 2.50. The number of hydrogen-bond donors (Lipinski definition) is 1. The van der Waals surface area contributed by atoms with Gasteiger partial charge < -0.3 is 14.7 Å². The normalized spacial score (nSPS) is 19.9. The number of carbonyl (C=O) groups excluding carboxylic acids is 1. The number of hydrogen-bond acceptors (Lipinski definition) is 3. The van der Waals surface area contributed by atoms with Gasteiger partial charge in [0, 0.05) is 20.2 Å². The summed E-state index contributed by atoms with van der Waals surface area (Å²) in [4.78, 5) is 25.5. The van der Waals surface area contributed by atoms with Crippen LogP contribution in [-0.4, -0.2) is 48.7 Å². The first kappa shape index (κ1) is 17.5. The average molecular weight is 319 g/mol. The van der Waals surface area contributed by atoms with Crippen molar-refractivity contribution in [3.05, 3.63) is 35.9 Å². The molecule has 1 aliphatic rings. The van der Waals surface area contributed by atoms with Crippen molar-refractivity contribution >= 4 is 11.9 Å². The van der Waals surface area contributed by atoms with E-state index in [2.05, 4.69) is 12.1 Å². The Kier molecular flexibility index (Phi) is 6.59. The van der Waals surface area contributed by atoms with E-state index in [1.807, 2.05) is 18.2 Å². The number of carboxylic acid groups (broad SMARTS) is 1. The Morgan fingerprint density at radius 3 is 2.43 bits per heavy atom. The largest absolute Gasteiger partial charge is 0.481 e. The van der Waals surface area contributed by atoms with E-state index in [9.17, 15) is 9.59 Å². The first-order valence-corrected chi connectivity index (χ1v) is 8.18. The Labute approximate surface area is 137 Å². The Morgan fingerprint density at radius 2 is 1.87 bits per heavy atom. The zero-order chi connectivity index (χ0) is 16.7. The summed E-state index contributed by atoms with van der Waals surface area (Å²) in [7, 11) is 1.61. The fraction of sp³-hybridized carbons (Fsp3) is 0.556. The Hall–Kier alpha value is -1.88. The van der Waals surface area contributed by atoms with Crippen LogP contribution in [-0.2, 0) is 20.7 Å². The maximum absolute atomic E-state index is 12.6. The predicted octanol–water partition coefficient (Wildman–Crippen LogP) is 2.21. The second-order valence-electron chi connectivity index (χ2n) is 6.04. The molecule has 0 radical (unpaired) electrons. The van der Waals surface area contributed by atoms with Crippen molar-refractivity contribution in [1.82, 2.24) is 4.90 Å². The molecule has 1 aromatic carbocycles. The quantitative estimate of drug-likeness (QED) is 0.758. The fourth-order valence-corrected chi connectivity index (χ4v) is 2.98. The summed E-state index contributed by atoms with van der Waals surface area (Å²) in [6.45, 7) is 1.63. The summed E-state index contributed by atoms with van der Waals surface area (Å²) in [5.41, 5.74) is 1.25. The summed E-state index contributed by atoms with van der Waals surface area (Å²) >= 11 is 0. The summed E-state index contributed by atoms with van der Waals surface area (Å²) in [6, 6.07) is 10.2. The minimum Gasteiger partial charge on any atom is -0.481 e. The number of rotatable bonds is 9. The van der Waals surface area contributed by atoms with Gasteiger partial charge in [-0.05, 0) is 31.2 Å². The van der Waals surface area contributed by atoms with Gasteiger partial charge in [0.25, 0.3) is 0 Å². The van der Waals surface area contributed by atoms with Crippen LogP contribution in [0.4, 0.5) is 0 Å². The van der Waals surface area contributed by atoms with Crippen molar-refractivity contribution < 1.29 is 19.4 Å². The van der Waals surface area contributed by atoms with Gasteiger partial charge in [0.15, 0.2) is 0 Å². The van der Waals surface area contributed by atoms with Crippen molar-refractivity contribution in [2.24, 2.45) is 11.8 Å². The number of nitrogens with zero attached hydrogens (tertiary/aromatic N) is 1. The number of aliphatic carboxylic acids is 1. The van der Waals surface area contributed by atoms with E-state index in [1.54, 1.807) is 12.0 Å². The number of methoxy groups -OCH3 is 1. The minimum atomic E-state index is -0.856. The Balaban J connectivity index is 1.88. The van der Waals surface area contributed by atoms with Crippen LogP contribution >= 0.6 is 0 Å². The highest BCUT2D eigenvalue weighted by Crippen LogP contribution is 2.35. The molecule has 1 saturated carbocycles. The summed E-state index contributed by atoms with van der Waals surface area (Å²) in [5.74, 6) is -1.76. The van der Waals surface area contributed by atoms with Crippen LogP contribution in [0.15, 0.2) is 30.3 Å². The molecule has 1 fully saturated rings. The molecule has 126 valence electrons. The lowest BCUT2D eigenvalue weighted by Gasteiger charge is -2.36. The minimum absolute atomic E-state index is 0.0336. The summed E-state index contributed by atoms with van der Waals surface area (Å²) in [6.07, 6.45) is 3.06. The van der Waals surface area contributed by atoms with Crippen LogP contribution in [0, 0.1) is 11.8 Å². The Morgan fingerprint density at radius 1 is 1.17 bits per heavy atom. The molecule has 5 heteroatoms. The molecule has 1 aromatic rings. The molecular weight excluding hydrogens is 294 g/mol. The highest BCUT2D eigenvalue weighted by Gasteiger charge is 2.42. The number of aryl methyl sites for hydroxylation is 1. The van der Waals surface area contributed by atoms with Gasteiger partial charge in [-0.2, -0.15) is 0 Å². The van der Waals surface area contributed by atoms with Crippen molar-refractivity contribution in [1.29, 1.82) is 0 Å². The maximum Gasteiger partial charge on any atom is 0.307 e. The predicted molar refractivity (Wildman–Crippen MR) is 87.1 cm³/mol. The summed E-state index contributed by atoms with van der Waals surface area (Å²) in [5, 5.41) is 9.14. The maximum atomic E-state index is 12.6. The van der Waals surface area contributed by atoms with Crippen LogP contribution < -0.4 is 0 Å². The molecule has 2 unspecified atom stereocenters. The first-order chi connectivity index (χ1) is 11.1.